The number of carbonyl (C=O) groups is 3. The first-order valence-corrected chi connectivity index (χ1v) is 14.4. The fourth-order valence-electron chi connectivity index (χ4n) is 5.93. The summed E-state index contributed by atoms with van der Waals surface area (Å²) in [5, 5.41) is 2.49. The first-order valence-electron chi connectivity index (χ1n) is 14.0. The van der Waals surface area contributed by atoms with E-state index in [4.69, 9.17) is 22.1 Å². The lowest BCUT2D eigenvalue weighted by Gasteiger charge is -2.36. The maximum atomic E-state index is 14.5. The average Bonchev–Trinajstić information content (AvgIpc) is 3.11. The van der Waals surface area contributed by atoms with Crippen LogP contribution in [0.1, 0.15) is 36.1 Å². The van der Waals surface area contributed by atoms with Crippen LogP contribution in [0.25, 0.3) is 10.8 Å². The topological polar surface area (TPSA) is 92.9 Å². The zero-order valence-electron chi connectivity index (χ0n) is 23.7. The molecular formula is C34H34ClN3O4. The van der Waals surface area contributed by atoms with Crippen molar-refractivity contribution < 1.29 is 19.1 Å². The van der Waals surface area contributed by atoms with Gasteiger partial charge in [-0.15, -0.1) is 0 Å². The number of benzene rings is 4. The van der Waals surface area contributed by atoms with Crippen LogP contribution < -0.4 is 10.5 Å². The number of nitrogens with zero attached hydrogens (tertiary/aromatic N) is 2. The van der Waals surface area contributed by atoms with Crippen LogP contribution in [-0.2, 0) is 27.2 Å². The number of para-hydroxylation sites is 1. The fraction of sp³-hybridized carbons (Fsp3) is 0.265. The van der Waals surface area contributed by atoms with Crippen LogP contribution in [0.15, 0.2) is 91.0 Å². The van der Waals surface area contributed by atoms with Crippen LogP contribution in [0, 0.1) is 0 Å². The molecule has 8 heteroatoms. The highest BCUT2D eigenvalue weighted by Gasteiger charge is 2.43. The van der Waals surface area contributed by atoms with Crippen molar-refractivity contribution in [1.82, 2.24) is 9.80 Å². The lowest BCUT2D eigenvalue weighted by Crippen LogP contribution is -2.52. The number of primary amides is 1. The van der Waals surface area contributed by atoms with Crippen LogP contribution in [0.3, 0.4) is 0 Å². The Hall–Kier alpha value is -4.36. The summed E-state index contributed by atoms with van der Waals surface area (Å²) in [4.78, 5) is 44.8. The van der Waals surface area contributed by atoms with Crippen molar-refractivity contribution in [1.29, 1.82) is 0 Å². The van der Waals surface area contributed by atoms with Crippen molar-refractivity contribution in [2.75, 3.05) is 13.7 Å². The molecule has 3 unspecified atom stereocenters. The summed E-state index contributed by atoms with van der Waals surface area (Å²) < 4.78 is 5.48. The van der Waals surface area contributed by atoms with Gasteiger partial charge in [0.05, 0.1) is 13.5 Å². The van der Waals surface area contributed by atoms with E-state index in [2.05, 4.69) is 0 Å². The van der Waals surface area contributed by atoms with Crippen molar-refractivity contribution in [2.45, 2.75) is 44.3 Å². The van der Waals surface area contributed by atoms with Crippen LogP contribution in [0.5, 0.6) is 5.75 Å². The number of hydrogen-bond donors (Lipinski definition) is 1. The zero-order chi connectivity index (χ0) is 29.8. The number of halogens is 1. The molecule has 3 amide bonds. The monoisotopic (exact) mass is 583 g/mol. The van der Waals surface area contributed by atoms with Gasteiger partial charge in [0.15, 0.2) is 0 Å². The molecule has 2 N–H and O–H groups in total. The smallest absolute Gasteiger partial charge is 0.250 e. The van der Waals surface area contributed by atoms with Gasteiger partial charge in [0, 0.05) is 29.6 Å². The SMILES string of the molecule is COc1ccccc1CC(=O)N1C(C)CCN(C(Cc2cccc3ccccc23)C(N)=O)C(=O)C1c1cccc(Cl)c1. The Bertz CT molecular complexity index is 1620. The highest BCUT2D eigenvalue weighted by molar-refractivity contribution is 6.30. The van der Waals surface area contributed by atoms with Crippen molar-refractivity contribution in [3.05, 3.63) is 113 Å². The molecule has 3 atom stereocenters. The molecule has 0 radical (unpaired) electrons. The molecule has 1 heterocycles. The van der Waals surface area contributed by atoms with E-state index in [1.807, 2.05) is 67.6 Å². The number of methoxy groups -OCH3 is 1. The minimum absolute atomic E-state index is 0.0496. The van der Waals surface area contributed by atoms with E-state index in [9.17, 15) is 14.4 Å². The van der Waals surface area contributed by atoms with Gasteiger partial charge in [-0.05, 0) is 53.4 Å². The largest absolute Gasteiger partial charge is 0.496 e. The number of rotatable bonds is 8. The Labute approximate surface area is 250 Å². The van der Waals surface area contributed by atoms with Gasteiger partial charge >= 0.3 is 0 Å². The highest BCUT2D eigenvalue weighted by atomic mass is 35.5. The zero-order valence-corrected chi connectivity index (χ0v) is 24.5. The van der Waals surface area contributed by atoms with E-state index in [0.717, 1.165) is 21.9 Å². The Balaban J connectivity index is 1.55. The lowest BCUT2D eigenvalue weighted by molar-refractivity contribution is -0.148. The molecule has 0 spiro atoms. The summed E-state index contributed by atoms with van der Waals surface area (Å²) >= 11 is 6.38. The van der Waals surface area contributed by atoms with E-state index in [1.54, 1.807) is 47.2 Å². The molecule has 0 bridgehead atoms. The molecule has 1 aliphatic heterocycles. The maximum Gasteiger partial charge on any atom is 0.250 e. The first-order chi connectivity index (χ1) is 20.3. The van der Waals surface area contributed by atoms with Gasteiger partial charge < -0.3 is 20.3 Å². The second kappa shape index (κ2) is 12.7. The summed E-state index contributed by atoms with van der Waals surface area (Å²) in [5.74, 6) is -0.581. The third kappa shape index (κ3) is 5.97. The molecule has 0 saturated carbocycles. The second-order valence-electron chi connectivity index (χ2n) is 10.7. The predicted molar refractivity (Wildman–Crippen MR) is 164 cm³/mol. The van der Waals surface area contributed by atoms with Gasteiger partial charge in [-0.1, -0.05) is 84.4 Å². The number of fused-ring (bicyclic) bond motifs is 1. The molecule has 4 aromatic carbocycles. The molecule has 7 nitrogen and oxygen atoms in total. The van der Waals surface area contributed by atoms with Crippen molar-refractivity contribution >= 4 is 40.1 Å². The van der Waals surface area contributed by atoms with Crippen LogP contribution in [0.2, 0.25) is 5.02 Å². The van der Waals surface area contributed by atoms with Gasteiger partial charge in [0.25, 0.3) is 5.91 Å². The summed E-state index contributed by atoms with van der Waals surface area (Å²) in [6, 6.07) is 26.0. The van der Waals surface area contributed by atoms with Crippen molar-refractivity contribution in [3.8, 4) is 5.75 Å². The number of ether oxygens (including phenoxy) is 1. The summed E-state index contributed by atoms with van der Waals surface area (Å²) in [6.45, 7) is 2.20. The van der Waals surface area contributed by atoms with Gasteiger partial charge in [0.1, 0.15) is 17.8 Å². The fourth-order valence-corrected chi connectivity index (χ4v) is 6.13. The van der Waals surface area contributed by atoms with Crippen molar-refractivity contribution in [2.24, 2.45) is 5.73 Å². The Kier molecular flexibility index (Phi) is 8.78. The molecule has 5 rings (SSSR count). The summed E-state index contributed by atoms with van der Waals surface area (Å²) in [6.07, 6.45) is 0.780. The van der Waals surface area contributed by atoms with Crippen molar-refractivity contribution in [3.63, 3.8) is 0 Å². The third-order valence-corrected chi connectivity index (χ3v) is 8.28. The second-order valence-corrected chi connectivity index (χ2v) is 11.1. The molecule has 0 aromatic heterocycles. The standard InChI is InChI=1S/C34H34ClN3O4/c1-22-17-18-37(29(33(36)40)20-24-12-7-11-23-9-3-5-15-28(23)24)34(41)32(26-13-8-14-27(35)19-26)38(22)31(39)21-25-10-4-6-16-30(25)42-2/h3-16,19,22,29,32H,17-18,20-21H2,1-2H3,(H2,36,40). The number of hydrogen-bond acceptors (Lipinski definition) is 4. The minimum atomic E-state index is -0.988. The summed E-state index contributed by atoms with van der Waals surface area (Å²) in [7, 11) is 1.56. The third-order valence-electron chi connectivity index (χ3n) is 8.04. The molecule has 4 aromatic rings. The Morgan fingerprint density at radius 1 is 0.976 bits per heavy atom. The molecular weight excluding hydrogens is 550 g/mol. The van der Waals surface area contributed by atoms with E-state index in [-0.39, 0.29) is 37.2 Å². The summed E-state index contributed by atoms with van der Waals surface area (Å²) in [5.41, 5.74) is 8.22. The molecule has 1 saturated heterocycles. The van der Waals surface area contributed by atoms with Gasteiger partial charge in [-0.2, -0.15) is 0 Å². The maximum absolute atomic E-state index is 14.5. The number of amides is 3. The Morgan fingerprint density at radius 3 is 2.43 bits per heavy atom. The van der Waals surface area contributed by atoms with Crippen LogP contribution in [0.4, 0.5) is 0 Å². The average molecular weight is 584 g/mol. The number of nitrogens with two attached hydrogens (primary N) is 1. The highest BCUT2D eigenvalue weighted by Crippen LogP contribution is 2.34. The van der Waals surface area contributed by atoms with Crippen LogP contribution in [-0.4, -0.2) is 53.3 Å². The van der Waals surface area contributed by atoms with Crippen LogP contribution >= 0.6 is 11.6 Å². The Morgan fingerprint density at radius 2 is 1.67 bits per heavy atom. The van der Waals surface area contributed by atoms with E-state index < -0.39 is 18.0 Å². The van der Waals surface area contributed by atoms with Gasteiger partial charge in [-0.3, -0.25) is 14.4 Å². The normalized spacial score (nSPS) is 18.0. The lowest BCUT2D eigenvalue weighted by atomic mass is 9.96. The number of carbonyl (C=O) groups excluding carboxylic acids is 3. The first kappa shape index (κ1) is 29.1. The van der Waals surface area contributed by atoms with Gasteiger partial charge in [-0.25, -0.2) is 0 Å². The van der Waals surface area contributed by atoms with Gasteiger partial charge in [0.2, 0.25) is 11.8 Å². The minimum Gasteiger partial charge on any atom is -0.496 e. The quantitative estimate of drug-likeness (QED) is 0.303. The molecule has 1 fully saturated rings. The van der Waals surface area contributed by atoms with E-state index >= 15 is 0 Å². The molecule has 1 aliphatic rings. The predicted octanol–water partition coefficient (Wildman–Crippen LogP) is 5.33. The molecule has 216 valence electrons. The van der Waals surface area contributed by atoms with E-state index in [0.29, 0.717) is 22.8 Å². The molecule has 42 heavy (non-hydrogen) atoms. The van der Waals surface area contributed by atoms with E-state index in [1.165, 1.54) is 0 Å². The molecule has 0 aliphatic carbocycles.